The second-order valence-electron chi connectivity index (χ2n) is 10.7. The van der Waals surface area contributed by atoms with Gasteiger partial charge in [0.25, 0.3) is 0 Å². The lowest BCUT2D eigenvalue weighted by molar-refractivity contribution is 0.0321. The van der Waals surface area contributed by atoms with E-state index in [1.807, 2.05) is 0 Å². The zero-order chi connectivity index (χ0) is 34.5. The van der Waals surface area contributed by atoms with Crippen LogP contribution in [0.15, 0.2) is 60.7 Å². The van der Waals surface area contributed by atoms with Crippen LogP contribution in [0.1, 0.15) is 104 Å². The van der Waals surface area contributed by atoms with Crippen molar-refractivity contribution >= 4 is 59.7 Å². The van der Waals surface area contributed by atoms with E-state index in [1.165, 1.54) is 24.3 Å². The Morgan fingerprint density at radius 2 is 0.673 bits per heavy atom. The third-order valence-corrected chi connectivity index (χ3v) is 8.13. The van der Waals surface area contributed by atoms with Crippen molar-refractivity contribution in [1.29, 1.82) is 0 Å². The number of benzene rings is 4. The molecule has 0 saturated carbocycles. The molecule has 0 spiro atoms. The van der Waals surface area contributed by atoms with Gasteiger partial charge >= 0.3 is 59.7 Å². The summed E-state index contributed by atoms with van der Waals surface area (Å²) in [4.78, 5) is 132. The van der Waals surface area contributed by atoms with Crippen LogP contribution in [0.5, 0.6) is 0 Å². The van der Waals surface area contributed by atoms with Gasteiger partial charge in [-0.2, -0.15) is 0 Å². The van der Waals surface area contributed by atoms with E-state index >= 15 is 0 Å². The molecule has 4 aromatic carbocycles. The zero-order valence-corrected chi connectivity index (χ0v) is 23.9. The summed E-state index contributed by atoms with van der Waals surface area (Å²) in [5, 5.41) is 0. The molecule has 49 heavy (non-hydrogen) atoms. The van der Waals surface area contributed by atoms with Gasteiger partial charge < -0.3 is 23.7 Å². The molecular formula is C34H10O15. The summed E-state index contributed by atoms with van der Waals surface area (Å²) in [6.07, 6.45) is 0. The number of esters is 10. The molecule has 15 heteroatoms. The molecule has 0 fully saturated rings. The maximum atomic E-state index is 14.0. The van der Waals surface area contributed by atoms with Crippen LogP contribution in [0.2, 0.25) is 0 Å². The van der Waals surface area contributed by atoms with Crippen LogP contribution < -0.4 is 0 Å². The highest BCUT2D eigenvalue weighted by molar-refractivity contribution is 6.24. The van der Waals surface area contributed by atoms with Crippen molar-refractivity contribution in [2.24, 2.45) is 0 Å². The molecule has 4 aliphatic heterocycles. The van der Waals surface area contributed by atoms with Crippen molar-refractivity contribution < 1.29 is 71.6 Å². The fourth-order valence-corrected chi connectivity index (χ4v) is 5.95. The molecule has 0 atom stereocenters. The summed E-state index contributed by atoms with van der Waals surface area (Å²) in [5.41, 5.74) is -6.69. The highest BCUT2D eigenvalue weighted by Crippen LogP contribution is 2.38. The Hall–Kier alpha value is -7.42. The van der Waals surface area contributed by atoms with E-state index < -0.39 is 115 Å². The van der Waals surface area contributed by atoms with Crippen molar-refractivity contribution in [2.75, 3.05) is 0 Å². The molecule has 0 unspecified atom stereocenters. The SMILES string of the molecule is O=C1OC(=O)c2ccc3c(C(=O)OC(=O)c4c5ccc6c4C(=O)OC(=O)c4cc-5ccc4C(=O)OC6=O)c2C(=O)OC(=O)c2cc-3ccc21. The minimum absolute atomic E-state index is 0.0505. The monoisotopic (exact) mass is 658 g/mol. The summed E-state index contributed by atoms with van der Waals surface area (Å²) in [7, 11) is 0. The van der Waals surface area contributed by atoms with Gasteiger partial charge in [0.15, 0.2) is 0 Å². The molecule has 0 saturated heterocycles. The minimum atomic E-state index is -1.62. The number of carbonyl (C=O) groups is 10. The van der Waals surface area contributed by atoms with Crippen LogP contribution in [-0.4, -0.2) is 59.7 Å². The van der Waals surface area contributed by atoms with Gasteiger partial charge in [0.2, 0.25) is 0 Å². The molecule has 0 aromatic heterocycles. The Labute approximate surface area is 269 Å². The van der Waals surface area contributed by atoms with Crippen LogP contribution in [0.4, 0.5) is 0 Å². The number of carbonyl (C=O) groups excluding carboxylic acids is 10. The first-order chi connectivity index (χ1) is 23.4. The predicted octanol–water partition coefficient (Wildman–Crippen LogP) is 3.26. The van der Waals surface area contributed by atoms with E-state index in [0.29, 0.717) is 0 Å². The number of fused-ring (bicyclic) bond motifs is 10. The van der Waals surface area contributed by atoms with Crippen molar-refractivity contribution in [3.8, 4) is 22.3 Å². The molecule has 4 aliphatic rings. The van der Waals surface area contributed by atoms with Gasteiger partial charge in [0.1, 0.15) is 0 Å². The summed E-state index contributed by atoms with van der Waals surface area (Å²) in [5.74, 6) is -14.2. The normalized spacial score (nSPS) is 15.3. The third kappa shape index (κ3) is 4.15. The minimum Gasteiger partial charge on any atom is -0.386 e. The molecule has 15 nitrogen and oxygen atoms in total. The molecule has 8 rings (SSSR count). The Kier molecular flexibility index (Phi) is 5.94. The molecule has 4 heterocycles. The summed E-state index contributed by atoms with van der Waals surface area (Å²) >= 11 is 0. The predicted molar refractivity (Wildman–Crippen MR) is 152 cm³/mol. The molecule has 0 radical (unpaired) electrons. The third-order valence-electron chi connectivity index (χ3n) is 8.13. The van der Waals surface area contributed by atoms with E-state index in [0.717, 1.165) is 36.4 Å². The Morgan fingerprint density at radius 3 is 1.08 bits per heavy atom. The van der Waals surface area contributed by atoms with Gasteiger partial charge in [-0.25, -0.2) is 47.9 Å². The number of rotatable bonds is 2. The smallest absolute Gasteiger partial charge is 0.347 e. The molecule has 8 bridgehead atoms. The van der Waals surface area contributed by atoms with Gasteiger partial charge in [-0.15, -0.1) is 0 Å². The quantitative estimate of drug-likeness (QED) is 0.172. The van der Waals surface area contributed by atoms with Gasteiger partial charge in [-0.3, -0.25) is 0 Å². The Balaban J connectivity index is 1.34. The van der Waals surface area contributed by atoms with E-state index in [9.17, 15) is 47.9 Å². The second kappa shape index (κ2) is 10.0. The lowest BCUT2D eigenvalue weighted by atomic mass is 9.90. The molecular weight excluding hydrogens is 648 g/mol. The van der Waals surface area contributed by atoms with Gasteiger partial charge in [0.05, 0.1) is 55.6 Å². The first-order valence-corrected chi connectivity index (χ1v) is 13.9. The summed E-state index contributed by atoms with van der Waals surface area (Å²) < 4.78 is 24.8. The molecule has 4 aromatic rings. The number of hydrogen-bond acceptors (Lipinski definition) is 15. The van der Waals surface area contributed by atoms with E-state index in [4.69, 9.17) is 23.7 Å². The van der Waals surface area contributed by atoms with Crippen LogP contribution in [0.3, 0.4) is 0 Å². The van der Waals surface area contributed by atoms with Crippen LogP contribution in [-0.2, 0) is 23.7 Å². The Morgan fingerprint density at radius 1 is 0.367 bits per heavy atom. The maximum Gasteiger partial charge on any atom is 0.347 e. The highest BCUT2D eigenvalue weighted by Gasteiger charge is 2.40. The molecule has 0 amide bonds. The standard InChI is InChI=1S/C34H10O15/c35-25-15-3-1-11-9-19(15)29(39)47-33(43)23-17(27(37)45-25)7-5-13(11)21(23)31(41)49-32(42)22-14-6-8-18-24(22)34(44)48-30(40)20-10-12(14)2-4-16(20)26(36)46-28(18)38/h1-10H. The number of hydrogen-bond donors (Lipinski definition) is 0. The van der Waals surface area contributed by atoms with Crippen LogP contribution in [0, 0.1) is 0 Å². The van der Waals surface area contributed by atoms with Crippen molar-refractivity contribution in [1.82, 2.24) is 0 Å². The van der Waals surface area contributed by atoms with Gasteiger partial charge in [-0.1, -0.05) is 24.3 Å². The molecule has 0 N–H and O–H groups in total. The molecule has 236 valence electrons. The van der Waals surface area contributed by atoms with Crippen molar-refractivity contribution in [2.45, 2.75) is 0 Å². The fourth-order valence-electron chi connectivity index (χ4n) is 5.95. The highest BCUT2D eigenvalue weighted by atomic mass is 16.6. The van der Waals surface area contributed by atoms with Crippen LogP contribution in [0.25, 0.3) is 22.3 Å². The molecule has 0 aliphatic carbocycles. The summed E-state index contributed by atoms with van der Waals surface area (Å²) in [6, 6.07) is 11.4. The first-order valence-electron chi connectivity index (χ1n) is 13.9. The zero-order valence-electron chi connectivity index (χ0n) is 23.9. The average Bonchev–Trinajstić information content (AvgIpc) is 3.14. The maximum absolute atomic E-state index is 14.0. The van der Waals surface area contributed by atoms with E-state index in [-0.39, 0.29) is 22.3 Å². The van der Waals surface area contributed by atoms with Gasteiger partial charge in [0, 0.05) is 0 Å². The topological polar surface area (TPSA) is 217 Å². The number of ether oxygens (including phenoxy) is 5. The van der Waals surface area contributed by atoms with E-state index in [2.05, 4.69) is 0 Å². The second-order valence-corrected chi connectivity index (χ2v) is 10.7. The first kappa shape index (κ1) is 29.0. The lowest BCUT2D eigenvalue weighted by Crippen LogP contribution is -2.27. The summed E-state index contributed by atoms with van der Waals surface area (Å²) in [6.45, 7) is 0. The van der Waals surface area contributed by atoms with Gasteiger partial charge in [-0.05, 0) is 58.7 Å². The Bertz CT molecular complexity index is 2280. The number of cyclic esters (lactones) is 4. The van der Waals surface area contributed by atoms with Crippen LogP contribution >= 0.6 is 0 Å². The van der Waals surface area contributed by atoms with E-state index in [1.54, 1.807) is 0 Å². The van der Waals surface area contributed by atoms with Crippen molar-refractivity contribution in [3.63, 3.8) is 0 Å². The average molecular weight is 658 g/mol. The fraction of sp³-hybridized carbons (Fsp3) is 0. The van der Waals surface area contributed by atoms with Crippen molar-refractivity contribution in [3.05, 3.63) is 116 Å². The lowest BCUT2D eigenvalue weighted by Gasteiger charge is -2.17. The largest absolute Gasteiger partial charge is 0.386 e.